The lowest BCUT2D eigenvalue weighted by atomic mass is 9.92. The van der Waals surface area contributed by atoms with Gasteiger partial charge >= 0.3 is 43.2 Å². The van der Waals surface area contributed by atoms with E-state index in [0.717, 1.165) is 66.7 Å². The van der Waals surface area contributed by atoms with Gasteiger partial charge in [-0.1, -0.05) is 258 Å². The Labute approximate surface area is 477 Å². The lowest BCUT2D eigenvalue weighted by Crippen LogP contribution is -2.44. The number of hydrogen-bond acceptors (Lipinski definition) is 0. The van der Waals surface area contributed by atoms with Crippen LogP contribution in [0.3, 0.4) is 0 Å². The normalized spacial score (nSPS) is 13.1. The Morgan fingerprint density at radius 2 is 0.582 bits per heavy atom. The Bertz CT molecular complexity index is 1180. The predicted molar refractivity (Wildman–Crippen MR) is 297 cm³/mol. The first-order valence-electron chi connectivity index (χ1n) is 29.3. The highest BCUT2D eigenvalue weighted by Crippen LogP contribution is 2.49. The first-order chi connectivity index (χ1) is 35.8. The molecule has 0 rings (SSSR count). The Kier molecular flexibility index (Phi) is 74.8. The van der Waals surface area contributed by atoms with Crippen LogP contribution < -0.4 is 0 Å². The average molecular weight is 1220 g/mol. The minimum absolute atomic E-state index is 0.104. The fraction of sp³-hybridized carbons (Fsp3) is 1.00. The van der Waals surface area contributed by atoms with E-state index in [2.05, 4.69) is 83.1 Å². The second-order valence-electron chi connectivity index (χ2n) is 21.3. The molecule has 1 atom stereocenters. The molecule has 0 radical (unpaired) electrons. The molecule has 0 aromatic heterocycles. The highest BCUT2D eigenvalue weighted by Gasteiger charge is 2.64. The standard InChI is InChI=1S/C6H11F3.C5H6F6.2C5H9F3.2C5H12.2C4H7F3.4C4H10.C3H8/c1-2-3-4-5-6(7,8)9;1-3(2,4(6,7)8)5(9,10)11;1-4(2,3)5(6,7)8;1-3-4(2)5(6,7)8;1-4-5(2)3;1-3-5-4-2;2*1-3(2)4(5,6)7;2*1-4(2)3;2*1-3-4-2;1-3-2/h2-5H2,1H3;1-2H3;1-3H3;4H,3H2,1-2H3;5H,4H2,1-3H3;3-5H2,1-2H3;2*3H,1-2H3;2*4H,1-3H3;2*3-4H2,1-2H3;3H2,1-2H3/i;;;;;;3D;;4D;;3D2;;. The fourth-order valence-corrected chi connectivity index (χ4v) is 1.32. The molecule has 0 aliphatic heterocycles. The molecule has 1 unspecified atom stereocenters. The summed E-state index contributed by atoms with van der Waals surface area (Å²) in [6, 6.07) is 0. The van der Waals surface area contributed by atoms with Crippen LogP contribution >= 0.6 is 0 Å². The largest absolute Gasteiger partial charge is 0.402 e. The molecule has 0 nitrogen and oxygen atoms in total. The Balaban J connectivity index is -0.0000000589. The van der Waals surface area contributed by atoms with Crippen LogP contribution in [0.2, 0.25) is 0 Å². The first-order valence-corrected chi connectivity index (χ1v) is 27.3. The summed E-state index contributed by atoms with van der Waals surface area (Å²) in [5.74, 6) is -3.20. The fourth-order valence-electron chi connectivity index (χ4n) is 1.32. The zero-order chi connectivity index (χ0) is 71.5. The molecule has 0 aromatic rings. The van der Waals surface area contributed by atoms with Crippen molar-refractivity contribution in [2.24, 2.45) is 46.3 Å². The molecule has 79 heavy (non-hydrogen) atoms. The average Bonchev–Trinajstić information content (AvgIpc) is 3.21. The van der Waals surface area contributed by atoms with Gasteiger partial charge in [-0.25, -0.2) is 0 Å². The van der Waals surface area contributed by atoms with Gasteiger partial charge in [0.1, 0.15) is 0 Å². The van der Waals surface area contributed by atoms with Gasteiger partial charge in [0, 0.05) is 23.7 Å². The number of unbranched alkanes of at least 4 members (excludes halogenated alkanes) is 5. The summed E-state index contributed by atoms with van der Waals surface area (Å²) in [7, 11) is 0. The van der Waals surface area contributed by atoms with Crippen molar-refractivity contribution in [2.75, 3.05) is 0 Å². The quantitative estimate of drug-likeness (QED) is 0.159. The van der Waals surface area contributed by atoms with E-state index in [1.165, 1.54) is 58.8 Å². The summed E-state index contributed by atoms with van der Waals surface area (Å²) in [6.45, 7) is 47.3. The van der Waals surface area contributed by atoms with Crippen LogP contribution in [0.5, 0.6) is 0 Å². The first kappa shape index (κ1) is 96.7. The molecule has 0 N–H and O–H groups in total. The summed E-state index contributed by atoms with van der Waals surface area (Å²) in [5, 5.41) is 0. The third-order valence-electron chi connectivity index (χ3n) is 8.10. The summed E-state index contributed by atoms with van der Waals surface area (Å²) in [4.78, 5) is 0. The van der Waals surface area contributed by atoms with Crippen molar-refractivity contribution in [1.29, 1.82) is 0 Å². The van der Waals surface area contributed by atoms with Gasteiger partial charge in [0.15, 0.2) is 5.41 Å². The second kappa shape index (κ2) is 61.1. The smallest absolute Gasteiger partial charge is 0.171 e. The van der Waals surface area contributed by atoms with Crippen molar-refractivity contribution >= 4 is 0 Å². The Hall–Kier alpha value is -1.47. The van der Waals surface area contributed by atoms with E-state index >= 15 is 0 Å². The van der Waals surface area contributed by atoms with Crippen molar-refractivity contribution in [1.82, 2.24) is 0 Å². The van der Waals surface area contributed by atoms with Crippen LogP contribution in [0.15, 0.2) is 0 Å². The second-order valence-corrected chi connectivity index (χ2v) is 21.3. The highest BCUT2D eigenvalue weighted by molar-refractivity contribution is 4.84. The van der Waals surface area contributed by atoms with E-state index in [0.29, 0.717) is 12.8 Å². The molecule has 0 fully saturated rings. The van der Waals surface area contributed by atoms with Crippen LogP contribution in [0.4, 0.5) is 92.2 Å². The molecule has 0 heterocycles. The van der Waals surface area contributed by atoms with E-state index in [9.17, 15) is 92.2 Å². The number of hydrogen-bond donors (Lipinski definition) is 0. The zero-order valence-electron chi connectivity index (χ0n) is 58.4. The van der Waals surface area contributed by atoms with E-state index in [1.54, 1.807) is 6.92 Å². The predicted octanol–water partition coefficient (Wildman–Crippen LogP) is 28.5. The topological polar surface area (TPSA) is 0 Å². The van der Waals surface area contributed by atoms with Crippen molar-refractivity contribution in [2.45, 2.75) is 334 Å². The maximum Gasteiger partial charge on any atom is 0.402 e. The third kappa shape index (κ3) is 128. The Morgan fingerprint density at radius 3 is 0.620 bits per heavy atom. The number of halogens is 21. The van der Waals surface area contributed by atoms with Crippen molar-refractivity contribution in [3.63, 3.8) is 0 Å². The summed E-state index contributed by atoms with van der Waals surface area (Å²) < 4.78 is 268. The molecule has 0 amide bonds. The van der Waals surface area contributed by atoms with Gasteiger partial charge in [0.25, 0.3) is 0 Å². The number of rotatable bonds is 9. The molecule has 0 saturated heterocycles. The van der Waals surface area contributed by atoms with Gasteiger partial charge in [-0.05, 0) is 44.4 Å². The van der Waals surface area contributed by atoms with Crippen molar-refractivity contribution in [3.8, 4) is 0 Å². The molecule has 0 spiro atoms. The van der Waals surface area contributed by atoms with Crippen LogP contribution in [0, 0.1) is 46.3 Å². The molecule has 0 aliphatic carbocycles. The van der Waals surface area contributed by atoms with Crippen LogP contribution in [0.1, 0.15) is 296 Å². The number of alkyl halides is 21. The van der Waals surface area contributed by atoms with Gasteiger partial charge in [-0.2, -0.15) is 92.2 Å². The SMILES string of the molecule is CC(C)(C(F)(F)F)C(F)(F)F.CC(C)(C)C(F)(F)F.CC(C)C.CC(C)C(F)(F)F.CCC.CCC(C)C.CCC(C)C(F)(F)F.CCCC.CCCCC.CCCCCC(F)(F)F.[2H]C(C)(C)C.[2H]C(C)(C)C(F)(F)F.[2H]C([2H])(C)CC. The summed E-state index contributed by atoms with van der Waals surface area (Å²) in [5.41, 5.74) is -5.19. The third-order valence-corrected chi connectivity index (χ3v) is 8.10. The molecule has 21 heteroatoms. The maximum absolute atomic E-state index is 11.6. The van der Waals surface area contributed by atoms with Crippen LogP contribution in [-0.4, -0.2) is 43.2 Å². The Morgan fingerprint density at radius 1 is 0.367 bits per heavy atom. The monoisotopic (exact) mass is 1220 g/mol. The van der Waals surface area contributed by atoms with Gasteiger partial charge in [0.05, 0.1) is 11.3 Å². The van der Waals surface area contributed by atoms with Crippen molar-refractivity contribution in [3.05, 3.63) is 0 Å². The lowest BCUT2D eigenvalue weighted by Gasteiger charge is -2.29. The molecular formula is C58H121F21. The lowest BCUT2D eigenvalue weighted by molar-refractivity contribution is -0.327. The van der Waals surface area contributed by atoms with E-state index in [-0.39, 0.29) is 32.6 Å². The van der Waals surface area contributed by atoms with Gasteiger partial charge in [-0.15, -0.1) is 0 Å². The highest BCUT2D eigenvalue weighted by atomic mass is 19.4. The van der Waals surface area contributed by atoms with E-state index in [4.69, 9.17) is 5.48 Å². The van der Waals surface area contributed by atoms with E-state index in [1.807, 2.05) is 34.6 Å². The van der Waals surface area contributed by atoms with Gasteiger partial charge < -0.3 is 0 Å². The molecule has 0 bridgehead atoms. The van der Waals surface area contributed by atoms with Gasteiger partial charge in [-0.3, -0.25) is 0 Å². The molecular weight excluding hydrogens is 1100 g/mol. The van der Waals surface area contributed by atoms with Crippen LogP contribution in [-0.2, 0) is 0 Å². The van der Waals surface area contributed by atoms with Crippen LogP contribution in [0.25, 0.3) is 0 Å². The molecule has 500 valence electrons. The zero-order valence-corrected chi connectivity index (χ0v) is 54.4. The summed E-state index contributed by atoms with van der Waals surface area (Å²) >= 11 is 0. The maximum atomic E-state index is 11.6. The summed E-state index contributed by atoms with van der Waals surface area (Å²) in [6.07, 6.45) is -20.6. The minimum atomic E-state index is -5.24. The van der Waals surface area contributed by atoms with Crippen molar-refractivity contribution < 1.29 is 97.7 Å². The molecule has 0 aliphatic rings. The van der Waals surface area contributed by atoms with E-state index < -0.39 is 84.6 Å². The minimum Gasteiger partial charge on any atom is -0.171 e. The molecule has 0 aromatic carbocycles. The van der Waals surface area contributed by atoms with Gasteiger partial charge in [0.2, 0.25) is 0 Å². The molecule has 0 saturated carbocycles.